The van der Waals surface area contributed by atoms with Gasteiger partial charge in [-0.05, 0) is 59.1 Å². The zero-order valence-electron chi connectivity index (χ0n) is 17.9. The van der Waals surface area contributed by atoms with Crippen LogP contribution in [0.1, 0.15) is 18.4 Å². The Kier molecular flexibility index (Phi) is 7.48. The van der Waals surface area contributed by atoms with Crippen LogP contribution < -0.4 is 10.0 Å². The second kappa shape index (κ2) is 10.5. The molecule has 0 saturated heterocycles. The molecule has 0 bridgehead atoms. The Morgan fingerprint density at radius 3 is 2.56 bits per heavy atom. The number of anilines is 1. The summed E-state index contributed by atoms with van der Waals surface area (Å²) in [5, 5.41) is 17.2. The number of nitriles is 1. The molecule has 4 aromatic rings. The summed E-state index contributed by atoms with van der Waals surface area (Å²) in [7, 11) is -3.61. The molecular weight excluding hydrogens is 540 g/mol. The highest BCUT2D eigenvalue weighted by molar-refractivity contribution is 9.10. The van der Waals surface area contributed by atoms with Crippen molar-refractivity contribution in [3.63, 3.8) is 0 Å². The van der Waals surface area contributed by atoms with E-state index in [-0.39, 0.29) is 4.90 Å². The Labute approximate surface area is 210 Å². The van der Waals surface area contributed by atoms with Gasteiger partial charge in [-0.2, -0.15) is 14.9 Å². The van der Waals surface area contributed by atoms with Crippen LogP contribution in [0.3, 0.4) is 0 Å². The Hall–Kier alpha value is -2.97. The van der Waals surface area contributed by atoms with Crippen LogP contribution in [0.4, 0.5) is 5.82 Å². The topological polar surface area (TPSA) is 112 Å². The summed E-state index contributed by atoms with van der Waals surface area (Å²) in [6, 6.07) is 17.2. The largest absolute Gasteiger partial charge is 0.370 e. The van der Waals surface area contributed by atoms with Crippen LogP contribution in [0, 0.1) is 11.3 Å². The van der Waals surface area contributed by atoms with Crippen molar-refractivity contribution in [1.82, 2.24) is 19.3 Å². The van der Waals surface area contributed by atoms with E-state index in [1.165, 1.54) is 24.3 Å². The summed E-state index contributed by atoms with van der Waals surface area (Å²) >= 11 is 9.86. The van der Waals surface area contributed by atoms with Crippen LogP contribution in [0.25, 0.3) is 16.9 Å². The summed E-state index contributed by atoms with van der Waals surface area (Å²) in [5.41, 5.74) is 2.62. The van der Waals surface area contributed by atoms with Crippen molar-refractivity contribution in [1.29, 1.82) is 5.26 Å². The zero-order valence-corrected chi connectivity index (χ0v) is 21.0. The van der Waals surface area contributed by atoms with E-state index in [4.69, 9.17) is 16.9 Å². The number of sulfonamides is 1. The number of aromatic nitrogens is 3. The molecule has 4 rings (SSSR count). The first kappa shape index (κ1) is 24.2. The van der Waals surface area contributed by atoms with Gasteiger partial charge in [0.05, 0.1) is 32.9 Å². The Balaban J connectivity index is 1.37. The van der Waals surface area contributed by atoms with Gasteiger partial charge in [-0.1, -0.05) is 29.8 Å². The third-order valence-electron chi connectivity index (χ3n) is 5.07. The van der Waals surface area contributed by atoms with E-state index in [0.717, 1.165) is 28.0 Å². The van der Waals surface area contributed by atoms with Gasteiger partial charge < -0.3 is 5.32 Å². The van der Waals surface area contributed by atoms with Crippen molar-refractivity contribution in [3.05, 3.63) is 75.9 Å². The van der Waals surface area contributed by atoms with Crippen molar-refractivity contribution in [2.24, 2.45) is 0 Å². The molecular formula is C23H20BrClN6O2S. The molecule has 2 aromatic carbocycles. The minimum absolute atomic E-state index is 0.139. The maximum absolute atomic E-state index is 12.4. The number of benzene rings is 2. The van der Waals surface area contributed by atoms with E-state index in [9.17, 15) is 8.42 Å². The lowest BCUT2D eigenvalue weighted by Crippen LogP contribution is -2.25. The Bertz CT molecular complexity index is 1470. The number of fused-ring (bicyclic) bond motifs is 1. The van der Waals surface area contributed by atoms with Gasteiger partial charge in [0.1, 0.15) is 5.82 Å². The molecule has 0 aliphatic rings. The monoisotopic (exact) mass is 558 g/mol. The van der Waals surface area contributed by atoms with Crippen LogP contribution in [0.5, 0.6) is 0 Å². The summed E-state index contributed by atoms with van der Waals surface area (Å²) in [6.45, 7) is 0.908. The van der Waals surface area contributed by atoms with Crippen LogP contribution in [-0.2, 0) is 10.0 Å². The lowest BCUT2D eigenvalue weighted by Gasteiger charge is -2.12. The van der Waals surface area contributed by atoms with Crippen LogP contribution >= 0.6 is 27.5 Å². The number of nitrogens with zero attached hydrogens (tertiary/aromatic N) is 4. The molecule has 0 spiro atoms. The second-order valence-electron chi connectivity index (χ2n) is 7.40. The van der Waals surface area contributed by atoms with Crippen LogP contribution in [0.2, 0.25) is 5.02 Å². The molecule has 11 heteroatoms. The summed E-state index contributed by atoms with van der Waals surface area (Å²) in [6.07, 6.45) is 3.04. The summed E-state index contributed by atoms with van der Waals surface area (Å²) in [5.74, 6) is 0.754. The highest BCUT2D eigenvalue weighted by Crippen LogP contribution is 2.30. The number of hydrogen-bond donors (Lipinski definition) is 2. The van der Waals surface area contributed by atoms with Gasteiger partial charge in [0.15, 0.2) is 5.65 Å². The zero-order chi connectivity index (χ0) is 24.1. The fraction of sp³-hybridized carbons (Fsp3) is 0.174. The first-order valence-electron chi connectivity index (χ1n) is 10.4. The molecule has 34 heavy (non-hydrogen) atoms. The van der Waals surface area contributed by atoms with Gasteiger partial charge >= 0.3 is 0 Å². The average Bonchev–Trinajstić information content (AvgIpc) is 3.22. The van der Waals surface area contributed by atoms with Crippen molar-refractivity contribution in [2.75, 3.05) is 18.4 Å². The van der Waals surface area contributed by atoms with Crippen LogP contribution in [0.15, 0.2) is 70.2 Å². The molecule has 0 amide bonds. The lowest BCUT2D eigenvalue weighted by atomic mass is 10.1. The number of unbranched alkanes of at least 4 members (excludes halogenated alkanes) is 1. The first-order valence-corrected chi connectivity index (χ1v) is 13.1. The van der Waals surface area contributed by atoms with E-state index in [1.54, 1.807) is 10.7 Å². The number of halogens is 2. The molecule has 0 radical (unpaired) electrons. The minimum Gasteiger partial charge on any atom is -0.370 e. The SMILES string of the molecule is N#Cc1ccc(S(=O)(=O)NCCCCNc2cc(-c3ccccc3Cl)nc3c(Br)cnn23)cc1. The number of rotatable bonds is 9. The normalized spacial score (nSPS) is 11.4. The van der Waals surface area contributed by atoms with Gasteiger partial charge in [-0.15, -0.1) is 0 Å². The Morgan fingerprint density at radius 1 is 1.09 bits per heavy atom. The fourth-order valence-electron chi connectivity index (χ4n) is 3.33. The fourth-order valence-corrected chi connectivity index (χ4v) is 4.99. The molecule has 0 fully saturated rings. The van der Waals surface area contributed by atoms with E-state index in [1.807, 2.05) is 36.4 Å². The highest BCUT2D eigenvalue weighted by Gasteiger charge is 2.14. The standard InChI is InChI=1S/C23H20BrClN6O2S/c24-19-15-28-31-22(13-21(30-23(19)31)18-5-1-2-6-20(18)25)27-11-3-4-12-29-34(32,33)17-9-7-16(14-26)8-10-17/h1-2,5-10,13,15,27,29H,3-4,11-12H2. The summed E-state index contributed by atoms with van der Waals surface area (Å²) in [4.78, 5) is 4.82. The van der Waals surface area contributed by atoms with Gasteiger partial charge in [-0.25, -0.2) is 18.1 Å². The third kappa shape index (κ3) is 5.39. The van der Waals surface area contributed by atoms with Gasteiger partial charge in [0.2, 0.25) is 10.0 Å². The molecule has 2 aromatic heterocycles. The van der Waals surface area contributed by atoms with Crippen LogP contribution in [-0.4, -0.2) is 36.1 Å². The van der Waals surface area contributed by atoms with E-state index >= 15 is 0 Å². The molecule has 8 nitrogen and oxygen atoms in total. The maximum atomic E-state index is 12.4. The van der Waals surface area contributed by atoms with E-state index < -0.39 is 10.0 Å². The van der Waals surface area contributed by atoms with Gasteiger partial charge in [0, 0.05) is 29.7 Å². The molecule has 0 aliphatic heterocycles. The minimum atomic E-state index is -3.61. The molecule has 0 unspecified atom stereocenters. The molecule has 0 saturated carbocycles. The van der Waals surface area contributed by atoms with Gasteiger partial charge in [-0.3, -0.25) is 0 Å². The summed E-state index contributed by atoms with van der Waals surface area (Å²) < 4.78 is 29.8. The average molecular weight is 560 g/mol. The van der Waals surface area contributed by atoms with Gasteiger partial charge in [0.25, 0.3) is 0 Å². The quantitative estimate of drug-likeness (QED) is 0.283. The molecule has 2 N–H and O–H groups in total. The molecule has 0 aliphatic carbocycles. The maximum Gasteiger partial charge on any atom is 0.240 e. The smallest absolute Gasteiger partial charge is 0.240 e. The third-order valence-corrected chi connectivity index (χ3v) is 7.44. The van der Waals surface area contributed by atoms with Crippen molar-refractivity contribution >= 4 is 49.0 Å². The first-order chi connectivity index (χ1) is 16.4. The number of hydrogen-bond acceptors (Lipinski definition) is 6. The van der Waals surface area contributed by atoms with E-state index in [0.29, 0.717) is 35.7 Å². The number of nitrogens with one attached hydrogen (secondary N) is 2. The highest BCUT2D eigenvalue weighted by atomic mass is 79.9. The second-order valence-corrected chi connectivity index (χ2v) is 10.4. The van der Waals surface area contributed by atoms with Crippen molar-refractivity contribution < 1.29 is 8.42 Å². The molecule has 2 heterocycles. The Morgan fingerprint density at radius 2 is 1.82 bits per heavy atom. The van der Waals surface area contributed by atoms with Crippen molar-refractivity contribution in [3.8, 4) is 17.3 Å². The van der Waals surface area contributed by atoms with E-state index in [2.05, 4.69) is 36.1 Å². The molecule has 174 valence electrons. The molecule has 0 atom stereocenters. The lowest BCUT2D eigenvalue weighted by molar-refractivity contribution is 0.577. The predicted molar refractivity (Wildman–Crippen MR) is 135 cm³/mol. The predicted octanol–water partition coefficient (Wildman–Crippen LogP) is 4.85. The van der Waals surface area contributed by atoms with Crippen molar-refractivity contribution in [2.45, 2.75) is 17.7 Å².